The number of esters is 1. The molecule has 5 rings (SSSR count). The van der Waals surface area contributed by atoms with Crippen LogP contribution in [0.15, 0.2) is 102 Å². The molecule has 4 aromatic rings. The van der Waals surface area contributed by atoms with Gasteiger partial charge in [0.05, 0.1) is 31.0 Å². The third-order valence-corrected chi connectivity index (χ3v) is 8.96. The summed E-state index contributed by atoms with van der Waals surface area (Å²) in [5.41, 5.74) is 5.71. The van der Waals surface area contributed by atoms with Crippen LogP contribution in [-0.2, 0) is 32.2 Å². The zero-order chi connectivity index (χ0) is 33.9. The van der Waals surface area contributed by atoms with Crippen LogP contribution < -0.4 is 10.6 Å². The van der Waals surface area contributed by atoms with Gasteiger partial charge in [-0.25, -0.2) is 9.59 Å². The fourth-order valence-electron chi connectivity index (χ4n) is 5.28. The Morgan fingerprint density at radius 2 is 1.60 bits per heavy atom. The molecule has 1 aliphatic rings. The van der Waals surface area contributed by atoms with Crippen LogP contribution in [0.2, 0.25) is 0 Å². The highest BCUT2D eigenvalue weighted by atomic mass is 32.2. The van der Waals surface area contributed by atoms with Crippen molar-refractivity contribution in [2.24, 2.45) is 0 Å². The van der Waals surface area contributed by atoms with Crippen LogP contribution in [0.3, 0.4) is 0 Å². The van der Waals surface area contributed by atoms with Gasteiger partial charge in [-0.3, -0.25) is 4.79 Å². The fraction of sp³-hybridized carbons (Fsp3) is 0.270. The van der Waals surface area contributed by atoms with Crippen LogP contribution >= 0.6 is 11.8 Å². The molecule has 0 aliphatic carbocycles. The monoisotopic (exact) mass is 670 g/mol. The van der Waals surface area contributed by atoms with E-state index in [1.807, 2.05) is 78.9 Å². The van der Waals surface area contributed by atoms with Crippen molar-refractivity contribution in [2.75, 3.05) is 18.9 Å². The highest BCUT2D eigenvalue weighted by molar-refractivity contribution is 7.99. The molecule has 48 heavy (non-hydrogen) atoms. The molecule has 3 atom stereocenters. The number of ether oxygens (including phenoxy) is 3. The van der Waals surface area contributed by atoms with E-state index in [1.54, 1.807) is 25.1 Å². The predicted molar refractivity (Wildman–Crippen MR) is 181 cm³/mol. The summed E-state index contributed by atoms with van der Waals surface area (Å²) in [5.74, 6) is -0.927. The molecule has 0 aromatic heterocycles. The van der Waals surface area contributed by atoms with Crippen LogP contribution in [0.25, 0.3) is 11.1 Å². The van der Waals surface area contributed by atoms with Crippen LogP contribution in [0, 0.1) is 0 Å². The highest BCUT2D eigenvalue weighted by Gasteiger charge is 2.32. The molecule has 0 bridgehead atoms. The number of amides is 2. The Balaban J connectivity index is 1.27. The Bertz CT molecular complexity index is 1700. The molecule has 2 amide bonds. The predicted octanol–water partition coefficient (Wildman–Crippen LogP) is 6.24. The summed E-state index contributed by atoms with van der Waals surface area (Å²) in [6.07, 6.45) is -0.567. The smallest absolute Gasteiger partial charge is 0.336 e. The van der Waals surface area contributed by atoms with E-state index >= 15 is 0 Å². The maximum atomic E-state index is 12.1. The van der Waals surface area contributed by atoms with E-state index in [1.165, 1.54) is 11.8 Å². The number of benzene rings is 4. The van der Waals surface area contributed by atoms with Crippen LogP contribution in [-0.4, -0.2) is 53.2 Å². The van der Waals surface area contributed by atoms with E-state index in [9.17, 15) is 24.6 Å². The number of carbonyl (C=O) groups is 3. The molecule has 250 valence electrons. The SMILES string of the molecule is CCOC(=O)CNC(=O)NCc1cccc(-c2ccc([C@@H]3O[C@H](CSc4ccccc4C(=O)O)C[C@H](c4ccc(CO)cc4)O3)cc2)c1. The fourth-order valence-corrected chi connectivity index (χ4v) is 6.34. The molecular formula is C37H38N2O8S. The second-order valence-corrected chi connectivity index (χ2v) is 12.2. The van der Waals surface area contributed by atoms with Crippen molar-refractivity contribution >= 4 is 29.7 Å². The van der Waals surface area contributed by atoms with Gasteiger partial charge in [0.15, 0.2) is 6.29 Å². The number of thioether (sulfide) groups is 1. The van der Waals surface area contributed by atoms with Gasteiger partial charge in [-0.2, -0.15) is 0 Å². The van der Waals surface area contributed by atoms with Crippen LogP contribution in [0.4, 0.5) is 4.79 Å². The minimum Gasteiger partial charge on any atom is -0.478 e. The lowest BCUT2D eigenvalue weighted by Crippen LogP contribution is -2.38. The summed E-state index contributed by atoms with van der Waals surface area (Å²) in [5, 5.41) is 24.4. The molecule has 0 unspecified atom stereocenters. The zero-order valence-corrected chi connectivity index (χ0v) is 27.3. The Kier molecular flexibility index (Phi) is 12.2. The first-order valence-corrected chi connectivity index (χ1v) is 16.6. The number of carbonyl (C=O) groups excluding carboxylic acids is 2. The molecule has 11 heteroatoms. The topological polar surface area (TPSA) is 143 Å². The zero-order valence-electron chi connectivity index (χ0n) is 26.5. The standard InChI is InChI=1S/C37H38N2O8S/c1-2-45-34(41)21-39-37(44)38-20-25-6-5-7-29(18-25)26-14-16-28(17-15-26)36-46-30(23-48-33-9-4-3-8-31(33)35(42)43)19-32(47-36)27-12-10-24(22-40)11-13-27/h3-18,30,32,36,40H,2,19-23H2,1H3,(H,42,43)(H2,38,39,44)/t30-,32+,36+/m0/s1. The lowest BCUT2D eigenvalue weighted by molar-refractivity contribution is -0.245. The van der Waals surface area contributed by atoms with E-state index in [0.717, 1.165) is 33.4 Å². The van der Waals surface area contributed by atoms with Crippen molar-refractivity contribution in [3.63, 3.8) is 0 Å². The molecule has 1 heterocycles. The molecule has 0 radical (unpaired) electrons. The van der Waals surface area contributed by atoms with Gasteiger partial charge in [0.1, 0.15) is 6.54 Å². The van der Waals surface area contributed by atoms with Crippen LogP contribution in [0.1, 0.15) is 58.4 Å². The molecule has 4 N–H and O–H groups in total. The number of aliphatic hydroxyl groups excluding tert-OH is 1. The van der Waals surface area contributed by atoms with Crippen molar-refractivity contribution in [1.29, 1.82) is 0 Å². The quantitative estimate of drug-likeness (QED) is 0.0960. The number of carboxylic acids is 1. The van der Waals surface area contributed by atoms with Gasteiger partial charge in [0.25, 0.3) is 0 Å². The van der Waals surface area contributed by atoms with E-state index in [0.29, 0.717) is 17.1 Å². The van der Waals surface area contributed by atoms with E-state index in [-0.39, 0.29) is 44.1 Å². The van der Waals surface area contributed by atoms with Crippen molar-refractivity contribution in [1.82, 2.24) is 10.6 Å². The second-order valence-electron chi connectivity index (χ2n) is 11.1. The van der Waals surface area contributed by atoms with Gasteiger partial charge < -0.3 is 35.1 Å². The van der Waals surface area contributed by atoms with Gasteiger partial charge in [-0.05, 0) is 52.9 Å². The first kappa shape index (κ1) is 34.6. The summed E-state index contributed by atoms with van der Waals surface area (Å²) < 4.78 is 17.8. The molecule has 1 aliphatic heterocycles. The van der Waals surface area contributed by atoms with Crippen LogP contribution in [0.5, 0.6) is 0 Å². The van der Waals surface area contributed by atoms with Gasteiger partial charge in [0.2, 0.25) is 0 Å². The minimum atomic E-state index is -0.968. The number of urea groups is 1. The molecule has 1 saturated heterocycles. The number of hydrogen-bond acceptors (Lipinski definition) is 8. The number of aliphatic hydroxyl groups is 1. The molecule has 4 aromatic carbocycles. The first-order chi connectivity index (χ1) is 23.3. The molecule has 10 nitrogen and oxygen atoms in total. The Labute approximate surface area is 283 Å². The Morgan fingerprint density at radius 1 is 0.854 bits per heavy atom. The summed E-state index contributed by atoms with van der Waals surface area (Å²) in [6.45, 7) is 1.99. The highest BCUT2D eigenvalue weighted by Crippen LogP contribution is 2.40. The third kappa shape index (κ3) is 9.45. The molecular weight excluding hydrogens is 632 g/mol. The van der Waals surface area contributed by atoms with Gasteiger partial charge >= 0.3 is 18.0 Å². The molecule has 0 saturated carbocycles. The van der Waals surface area contributed by atoms with Gasteiger partial charge in [-0.1, -0.05) is 78.9 Å². The Morgan fingerprint density at radius 3 is 2.33 bits per heavy atom. The third-order valence-electron chi connectivity index (χ3n) is 7.75. The van der Waals surface area contributed by atoms with Crippen molar-refractivity contribution in [3.8, 4) is 11.1 Å². The maximum absolute atomic E-state index is 12.1. The average molecular weight is 671 g/mol. The summed E-state index contributed by atoms with van der Waals surface area (Å²) >= 11 is 1.45. The Hall–Kier alpha value is -4.68. The first-order valence-electron chi connectivity index (χ1n) is 15.6. The number of aromatic carboxylic acids is 1. The number of rotatable bonds is 13. The average Bonchev–Trinajstić information content (AvgIpc) is 3.12. The summed E-state index contributed by atoms with van der Waals surface area (Å²) in [4.78, 5) is 36.0. The lowest BCUT2D eigenvalue weighted by atomic mass is 9.99. The number of hydrogen-bond donors (Lipinski definition) is 4. The van der Waals surface area contributed by atoms with Gasteiger partial charge in [0, 0.05) is 29.2 Å². The van der Waals surface area contributed by atoms with E-state index in [2.05, 4.69) is 10.6 Å². The lowest BCUT2D eigenvalue weighted by Gasteiger charge is -2.36. The summed E-state index contributed by atoms with van der Waals surface area (Å²) in [6, 6.07) is 29.9. The second kappa shape index (κ2) is 16.9. The van der Waals surface area contributed by atoms with Crippen molar-refractivity contribution in [2.45, 2.75) is 49.9 Å². The molecule has 0 spiro atoms. The van der Waals surface area contributed by atoms with E-state index in [4.69, 9.17) is 14.2 Å². The maximum Gasteiger partial charge on any atom is 0.336 e. The van der Waals surface area contributed by atoms with Crippen molar-refractivity contribution in [3.05, 3.63) is 125 Å². The largest absolute Gasteiger partial charge is 0.478 e. The molecule has 1 fully saturated rings. The minimum absolute atomic E-state index is 0.0436. The van der Waals surface area contributed by atoms with Gasteiger partial charge in [-0.15, -0.1) is 11.8 Å². The summed E-state index contributed by atoms with van der Waals surface area (Å²) in [7, 11) is 0. The van der Waals surface area contributed by atoms with E-state index < -0.39 is 24.3 Å². The number of nitrogens with one attached hydrogen (secondary N) is 2. The normalized spacial score (nSPS) is 17.3. The number of carboxylic acid groups (broad SMARTS) is 1. The van der Waals surface area contributed by atoms with Crippen molar-refractivity contribution < 1.29 is 38.8 Å².